The Morgan fingerprint density at radius 2 is 1.81 bits per heavy atom. The van der Waals surface area contributed by atoms with Gasteiger partial charge in [0.2, 0.25) is 11.8 Å². The molecule has 6 nitrogen and oxygen atoms in total. The van der Waals surface area contributed by atoms with Crippen molar-refractivity contribution < 1.29 is 14.0 Å². The lowest BCUT2D eigenvalue weighted by Crippen LogP contribution is -2.37. The topological polar surface area (TPSA) is 75.4 Å². The Morgan fingerprint density at radius 1 is 1.19 bits per heavy atom. The molecule has 148 valence electrons. The van der Waals surface area contributed by atoms with E-state index in [0.717, 1.165) is 6.42 Å². The standard InChI is InChI=1S/C20H35N3O3/c1-13(2)21-19(25)16-12-26-17(22-16)11-23(14(3)4)18(24)9-15(5)10-20(6,7)8/h12-15H,9-11H2,1-8H3,(H,21,25). The van der Waals surface area contributed by atoms with Crippen LogP contribution in [-0.4, -0.2) is 33.8 Å². The Kier molecular flexibility index (Phi) is 7.85. The van der Waals surface area contributed by atoms with Gasteiger partial charge < -0.3 is 14.6 Å². The number of carbonyl (C=O) groups is 2. The molecule has 1 N–H and O–H groups in total. The predicted octanol–water partition coefficient (Wildman–Crippen LogP) is 4.01. The minimum absolute atomic E-state index is 0.0284. The highest BCUT2D eigenvalue weighted by atomic mass is 16.3. The summed E-state index contributed by atoms with van der Waals surface area (Å²) in [6, 6.07) is 0.0601. The SMILES string of the molecule is CC(CC(=O)N(Cc1nc(C(=O)NC(C)C)co1)C(C)C)CC(C)(C)C. The number of oxazole rings is 1. The smallest absolute Gasteiger partial charge is 0.273 e. The molecule has 1 aromatic rings. The number of amides is 2. The number of carbonyl (C=O) groups excluding carboxylic acids is 2. The number of hydrogen-bond donors (Lipinski definition) is 1. The minimum atomic E-state index is -0.267. The van der Waals surface area contributed by atoms with Gasteiger partial charge in [-0.2, -0.15) is 0 Å². The van der Waals surface area contributed by atoms with Crippen LogP contribution in [-0.2, 0) is 11.3 Å². The van der Waals surface area contributed by atoms with Crippen LogP contribution >= 0.6 is 0 Å². The number of aromatic nitrogens is 1. The van der Waals surface area contributed by atoms with Gasteiger partial charge >= 0.3 is 0 Å². The van der Waals surface area contributed by atoms with Gasteiger partial charge in [-0.15, -0.1) is 0 Å². The van der Waals surface area contributed by atoms with Gasteiger partial charge in [-0.25, -0.2) is 4.98 Å². The Hall–Kier alpha value is -1.85. The minimum Gasteiger partial charge on any atom is -0.446 e. The van der Waals surface area contributed by atoms with E-state index in [9.17, 15) is 9.59 Å². The molecule has 1 aromatic heterocycles. The summed E-state index contributed by atoms with van der Waals surface area (Å²) in [6.45, 7) is 16.7. The molecule has 0 radical (unpaired) electrons. The third-order valence-corrected chi connectivity index (χ3v) is 3.94. The highest BCUT2D eigenvalue weighted by Crippen LogP contribution is 2.26. The van der Waals surface area contributed by atoms with E-state index in [2.05, 4.69) is 38.0 Å². The summed E-state index contributed by atoms with van der Waals surface area (Å²) in [4.78, 5) is 30.7. The zero-order valence-corrected chi connectivity index (χ0v) is 17.5. The van der Waals surface area contributed by atoms with Gasteiger partial charge in [0.1, 0.15) is 6.26 Å². The van der Waals surface area contributed by atoms with Crippen LogP contribution in [0.1, 0.15) is 84.6 Å². The lowest BCUT2D eigenvalue weighted by atomic mass is 9.84. The first-order chi connectivity index (χ1) is 11.9. The molecule has 0 fully saturated rings. The highest BCUT2D eigenvalue weighted by Gasteiger charge is 2.24. The molecule has 1 atom stereocenters. The van der Waals surface area contributed by atoms with E-state index >= 15 is 0 Å². The molecular weight excluding hydrogens is 330 g/mol. The molecule has 1 heterocycles. The van der Waals surface area contributed by atoms with Crippen LogP contribution in [0.3, 0.4) is 0 Å². The van der Waals surface area contributed by atoms with Crippen molar-refractivity contribution in [2.24, 2.45) is 11.3 Å². The normalized spacial score (nSPS) is 13.2. The van der Waals surface area contributed by atoms with Crippen molar-refractivity contribution in [2.75, 3.05) is 0 Å². The molecule has 1 rings (SSSR count). The molecule has 6 heteroatoms. The van der Waals surface area contributed by atoms with Crippen LogP contribution in [0.15, 0.2) is 10.7 Å². The first kappa shape index (κ1) is 22.2. The van der Waals surface area contributed by atoms with E-state index in [4.69, 9.17) is 4.42 Å². The molecule has 0 aromatic carbocycles. The summed E-state index contributed by atoms with van der Waals surface area (Å²) in [5, 5.41) is 2.78. The predicted molar refractivity (Wildman–Crippen MR) is 103 cm³/mol. The van der Waals surface area contributed by atoms with Crippen molar-refractivity contribution in [1.29, 1.82) is 0 Å². The van der Waals surface area contributed by atoms with Crippen molar-refractivity contribution in [3.05, 3.63) is 17.8 Å². The van der Waals surface area contributed by atoms with Crippen molar-refractivity contribution >= 4 is 11.8 Å². The van der Waals surface area contributed by atoms with Gasteiger partial charge in [0.25, 0.3) is 5.91 Å². The maximum absolute atomic E-state index is 12.7. The summed E-state index contributed by atoms with van der Waals surface area (Å²) in [5.41, 5.74) is 0.440. The maximum Gasteiger partial charge on any atom is 0.273 e. The Balaban J connectivity index is 2.75. The fourth-order valence-electron chi connectivity index (χ4n) is 3.06. The number of rotatable bonds is 8. The molecule has 2 amide bonds. The van der Waals surface area contributed by atoms with Crippen LogP contribution in [0.25, 0.3) is 0 Å². The number of hydrogen-bond acceptors (Lipinski definition) is 4. The fourth-order valence-corrected chi connectivity index (χ4v) is 3.06. The number of nitrogens with one attached hydrogen (secondary N) is 1. The summed E-state index contributed by atoms with van der Waals surface area (Å²) in [6.07, 6.45) is 2.83. The molecular formula is C20H35N3O3. The van der Waals surface area contributed by atoms with E-state index in [1.807, 2.05) is 27.7 Å². The van der Waals surface area contributed by atoms with E-state index in [1.165, 1.54) is 6.26 Å². The van der Waals surface area contributed by atoms with Crippen molar-refractivity contribution in [1.82, 2.24) is 15.2 Å². The second-order valence-electron chi connectivity index (χ2n) is 8.94. The Bertz CT molecular complexity index is 600. The van der Waals surface area contributed by atoms with Gasteiger partial charge in [-0.05, 0) is 45.4 Å². The van der Waals surface area contributed by atoms with Crippen LogP contribution in [0.4, 0.5) is 0 Å². The summed E-state index contributed by atoms with van der Waals surface area (Å²) in [7, 11) is 0. The van der Waals surface area contributed by atoms with Gasteiger partial charge in [-0.1, -0.05) is 27.7 Å². The third kappa shape index (κ3) is 7.58. The van der Waals surface area contributed by atoms with Gasteiger partial charge in [0, 0.05) is 18.5 Å². The monoisotopic (exact) mass is 365 g/mol. The van der Waals surface area contributed by atoms with Crippen molar-refractivity contribution in [3.63, 3.8) is 0 Å². The Labute approximate surface area is 157 Å². The Morgan fingerprint density at radius 3 is 2.31 bits per heavy atom. The maximum atomic E-state index is 12.7. The zero-order chi connectivity index (χ0) is 20.1. The average Bonchev–Trinajstić information content (AvgIpc) is 2.89. The first-order valence-electron chi connectivity index (χ1n) is 9.43. The lowest BCUT2D eigenvalue weighted by Gasteiger charge is -2.28. The van der Waals surface area contributed by atoms with E-state index < -0.39 is 0 Å². The largest absolute Gasteiger partial charge is 0.446 e. The second kappa shape index (κ2) is 9.19. The molecule has 1 unspecified atom stereocenters. The van der Waals surface area contributed by atoms with E-state index in [-0.39, 0.29) is 41.6 Å². The number of nitrogens with zero attached hydrogens (tertiary/aromatic N) is 2. The van der Waals surface area contributed by atoms with Crippen LogP contribution in [0.5, 0.6) is 0 Å². The molecule has 0 saturated carbocycles. The van der Waals surface area contributed by atoms with Gasteiger partial charge in [0.15, 0.2) is 5.69 Å². The molecule has 0 spiro atoms. The molecule has 0 aliphatic heterocycles. The molecule has 0 bridgehead atoms. The summed E-state index contributed by atoms with van der Waals surface area (Å²) < 4.78 is 5.42. The van der Waals surface area contributed by atoms with Crippen LogP contribution < -0.4 is 5.32 Å². The van der Waals surface area contributed by atoms with Gasteiger partial charge in [0.05, 0.1) is 6.54 Å². The average molecular weight is 366 g/mol. The lowest BCUT2D eigenvalue weighted by molar-refractivity contribution is -0.135. The van der Waals surface area contributed by atoms with E-state index in [0.29, 0.717) is 18.2 Å². The molecule has 26 heavy (non-hydrogen) atoms. The van der Waals surface area contributed by atoms with Crippen LogP contribution in [0.2, 0.25) is 0 Å². The second-order valence-corrected chi connectivity index (χ2v) is 8.94. The zero-order valence-electron chi connectivity index (χ0n) is 17.5. The summed E-state index contributed by atoms with van der Waals surface area (Å²) >= 11 is 0. The van der Waals surface area contributed by atoms with Crippen LogP contribution in [0, 0.1) is 11.3 Å². The van der Waals surface area contributed by atoms with Crippen molar-refractivity contribution in [3.8, 4) is 0 Å². The fraction of sp³-hybridized carbons (Fsp3) is 0.750. The third-order valence-electron chi connectivity index (χ3n) is 3.94. The van der Waals surface area contributed by atoms with Gasteiger partial charge in [-0.3, -0.25) is 9.59 Å². The molecule has 0 saturated heterocycles. The summed E-state index contributed by atoms with van der Waals surface area (Å²) in [5.74, 6) is 0.504. The van der Waals surface area contributed by atoms with E-state index in [1.54, 1.807) is 4.90 Å². The molecule has 0 aliphatic rings. The highest BCUT2D eigenvalue weighted by molar-refractivity contribution is 5.92. The quantitative estimate of drug-likeness (QED) is 0.755. The first-order valence-corrected chi connectivity index (χ1v) is 9.43. The molecule has 0 aliphatic carbocycles. The van der Waals surface area contributed by atoms with Crippen molar-refractivity contribution in [2.45, 2.75) is 86.9 Å².